The maximum absolute atomic E-state index is 11.9. The van der Waals surface area contributed by atoms with Gasteiger partial charge in [0.1, 0.15) is 0 Å². The van der Waals surface area contributed by atoms with Gasteiger partial charge in [-0.05, 0) is 12.1 Å². The number of hydrogen-bond donors (Lipinski definition) is 0. The second-order valence-electron chi connectivity index (χ2n) is 2.49. The van der Waals surface area contributed by atoms with Gasteiger partial charge in [0, 0.05) is 0 Å². The lowest BCUT2D eigenvalue weighted by molar-refractivity contribution is -0.153. The van der Waals surface area contributed by atoms with E-state index in [1.807, 2.05) is 0 Å². The third-order valence-corrected chi connectivity index (χ3v) is 1.37. The predicted molar refractivity (Wildman–Crippen MR) is 34.1 cm³/mol. The zero-order chi connectivity index (χ0) is 11.9. The molecule has 84 valence electrons. The van der Waals surface area contributed by atoms with Crippen LogP contribution in [0.1, 0.15) is 16.3 Å². The van der Waals surface area contributed by atoms with Crippen molar-refractivity contribution in [1.82, 2.24) is 0 Å². The average molecular weight is 232 g/mol. The molecule has 8 heteroatoms. The Bertz CT molecular complexity index is 372. The molecular formula is C7H2F6O2. The van der Waals surface area contributed by atoms with E-state index in [-0.39, 0.29) is 6.07 Å². The standard InChI is InChI=1S/C7H2F6O2/c8-6(9,10)4-2-1-3(15-4)5(14)7(11,12)13/h1-2H. The summed E-state index contributed by atoms with van der Waals surface area (Å²) in [5.41, 5.74) is 0. The van der Waals surface area contributed by atoms with Gasteiger partial charge in [-0.1, -0.05) is 0 Å². The Labute approximate surface area is 78.5 Å². The molecule has 0 bridgehead atoms. The molecule has 1 aromatic heterocycles. The fourth-order valence-electron chi connectivity index (χ4n) is 0.752. The SMILES string of the molecule is O=C(c1ccc(C(F)(F)F)o1)C(F)(F)F. The van der Waals surface area contributed by atoms with Gasteiger partial charge in [0.2, 0.25) is 5.76 Å². The summed E-state index contributed by atoms with van der Waals surface area (Å²) in [6.07, 6.45) is -10.2. The van der Waals surface area contributed by atoms with Crippen LogP contribution in [0, 0.1) is 0 Å². The number of alkyl halides is 6. The van der Waals surface area contributed by atoms with E-state index in [0.717, 1.165) is 0 Å². The van der Waals surface area contributed by atoms with E-state index in [0.29, 0.717) is 6.07 Å². The molecule has 0 aromatic carbocycles. The molecule has 0 fully saturated rings. The van der Waals surface area contributed by atoms with E-state index in [1.165, 1.54) is 0 Å². The van der Waals surface area contributed by atoms with Crippen molar-refractivity contribution >= 4 is 5.78 Å². The first-order valence-electron chi connectivity index (χ1n) is 3.41. The Kier molecular flexibility index (Phi) is 2.54. The first-order chi connectivity index (χ1) is 6.62. The van der Waals surface area contributed by atoms with Crippen LogP contribution in [0.15, 0.2) is 16.5 Å². The molecule has 1 rings (SSSR count). The second-order valence-corrected chi connectivity index (χ2v) is 2.49. The first kappa shape index (κ1) is 11.6. The fraction of sp³-hybridized carbons (Fsp3) is 0.286. The maximum Gasteiger partial charge on any atom is 0.458 e. The molecule has 0 radical (unpaired) electrons. The third-order valence-electron chi connectivity index (χ3n) is 1.37. The van der Waals surface area contributed by atoms with Gasteiger partial charge in [-0.15, -0.1) is 0 Å². The van der Waals surface area contributed by atoms with Gasteiger partial charge >= 0.3 is 18.1 Å². The van der Waals surface area contributed by atoms with Crippen LogP contribution >= 0.6 is 0 Å². The molecule has 0 saturated carbocycles. The Morgan fingerprint density at radius 3 is 1.93 bits per heavy atom. The van der Waals surface area contributed by atoms with Gasteiger partial charge in [-0.3, -0.25) is 4.79 Å². The summed E-state index contributed by atoms with van der Waals surface area (Å²) in [5, 5.41) is 0. The summed E-state index contributed by atoms with van der Waals surface area (Å²) in [4.78, 5) is 10.4. The molecule has 0 aliphatic heterocycles. The molecule has 1 heterocycles. The number of hydrogen-bond acceptors (Lipinski definition) is 2. The molecule has 0 aliphatic carbocycles. The van der Waals surface area contributed by atoms with Crippen molar-refractivity contribution in [2.45, 2.75) is 12.4 Å². The molecule has 0 aliphatic rings. The van der Waals surface area contributed by atoms with Crippen molar-refractivity contribution in [3.63, 3.8) is 0 Å². The number of Topliss-reactive ketones (excluding diaryl/α,β-unsaturated/α-hetero) is 1. The predicted octanol–water partition coefficient (Wildman–Crippen LogP) is 3.04. The van der Waals surface area contributed by atoms with E-state index >= 15 is 0 Å². The van der Waals surface area contributed by atoms with Gasteiger partial charge < -0.3 is 4.42 Å². The molecule has 15 heavy (non-hydrogen) atoms. The molecular weight excluding hydrogens is 230 g/mol. The second kappa shape index (κ2) is 3.28. The number of halogens is 6. The first-order valence-corrected chi connectivity index (χ1v) is 3.41. The largest absolute Gasteiger partial charge is 0.458 e. The number of ketones is 1. The molecule has 0 spiro atoms. The fourth-order valence-corrected chi connectivity index (χ4v) is 0.752. The van der Waals surface area contributed by atoms with E-state index in [4.69, 9.17) is 0 Å². The van der Waals surface area contributed by atoms with Crippen LogP contribution in [0.2, 0.25) is 0 Å². The number of carbonyl (C=O) groups is 1. The molecule has 1 aromatic rings. The molecule has 0 saturated heterocycles. The van der Waals surface area contributed by atoms with Crippen LogP contribution in [0.25, 0.3) is 0 Å². The minimum Gasteiger partial charge on any atom is -0.448 e. The summed E-state index contributed by atoms with van der Waals surface area (Å²) in [7, 11) is 0. The topological polar surface area (TPSA) is 30.2 Å². The van der Waals surface area contributed by atoms with Crippen LogP contribution in [-0.2, 0) is 6.18 Å². The lowest BCUT2D eigenvalue weighted by Crippen LogP contribution is -2.22. The van der Waals surface area contributed by atoms with Gasteiger partial charge in [-0.2, -0.15) is 26.3 Å². The zero-order valence-corrected chi connectivity index (χ0v) is 6.74. The van der Waals surface area contributed by atoms with Gasteiger partial charge in [-0.25, -0.2) is 0 Å². The number of carbonyl (C=O) groups excluding carboxylic acids is 1. The lowest BCUT2D eigenvalue weighted by atomic mass is 10.3. The molecule has 0 N–H and O–H groups in total. The normalized spacial score (nSPS) is 12.9. The van der Waals surface area contributed by atoms with Crippen molar-refractivity contribution in [1.29, 1.82) is 0 Å². The van der Waals surface area contributed by atoms with Gasteiger partial charge in [0.05, 0.1) is 0 Å². The highest BCUT2D eigenvalue weighted by molar-refractivity contribution is 5.97. The molecule has 0 amide bonds. The summed E-state index contributed by atoms with van der Waals surface area (Å²) >= 11 is 0. The van der Waals surface area contributed by atoms with Gasteiger partial charge in [0.15, 0.2) is 5.76 Å². The molecule has 2 nitrogen and oxygen atoms in total. The lowest BCUT2D eigenvalue weighted by Gasteiger charge is -2.02. The monoisotopic (exact) mass is 232 g/mol. The Morgan fingerprint density at radius 1 is 1.07 bits per heavy atom. The van der Waals surface area contributed by atoms with E-state index in [9.17, 15) is 31.1 Å². The minimum absolute atomic E-state index is 0.263. The van der Waals surface area contributed by atoms with Crippen LogP contribution < -0.4 is 0 Å². The zero-order valence-electron chi connectivity index (χ0n) is 6.74. The molecule has 0 unspecified atom stereocenters. The summed E-state index contributed by atoms with van der Waals surface area (Å²) in [6, 6.07) is 0.595. The summed E-state index contributed by atoms with van der Waals surface area (Å²) in [6.45, 7) is 0. The Morgan fingerprint density at radius 2 is 1.60 bits per heavy atom. The van der Waals surface area contributed by atoms with Crippen molar-refractivity contribution in [3.05, 3.63) is 23.7 Å². The Hall–Kier alpha value is -1.47. The van der Waals surface area contributed by atoms with Crippen molar-refractivity contribution in [3.8, 4) is 0 Å². The number of rotatable bonds is 1. The average Bonchev–Trinajstić information content (AvgIpc) is 2.47. The van der Waals surface area contributed by atoms with E-state index < -0.39 is 29.7 Å². The van der Waals surface area contributed by atoms with Crippen molar-refractivity contribution in [2.24, 2.45) is 0 Å². The van der Waals surface area contributed by atoms with Crippen LogP contribution in [-0.4, -0.2) is 12.0 Å². The maximum atomic E-state index is 11.9. The highest BCUT2D eigenvalue weighted by atomic mass is 19.4. The highest BCUT2D eigenvalue weighted by Gasteiger charge is 2.43. The number of furan rings is 1. The van der Waals surface area contributed by atoms with Crippen LogP contribution in [0.4, 0.5) is 26.3 Å². The van der Waals surface area contributed by atoms with Gasteiger partial charge in [0.25, 0.3) is 0 Å². The third kappa shape index (κ3) is 2.51. The van der Waals surface area contributed by atoms with E-state index in [1.54, 1.807) is 0 Å². The van der Waals surface area contributed by atoms with E-state index in [2.05, 4.69) is 4.42 Å². The van der Waals surface area contributed by atoms with Crippen molar-refractivity contribution < 1.29 is 35.6 Å². The summed E-state index contributed by atoms with van der Waals surface area (Å²) < 4.78 is 74.6. The molecule has 0 atom stereocenters. The summed E-state index contributed by atoms with van der Waals surface area (Å²) in [5.74, 6) is -5.47. The van der Waals surface area contributed by atoms with Crippen molar-refractivity contribution in [2.75, 3.05) is 0 Å². The Balaban J connectivity index is 3.01. The smallest absolute Gasteiger partial charge is 0.448 e. The quantitative estimate of drug-likeness (QED) is 0.550. The minimum atomic E-state index is -5.25. The van der Waals surface area contributed by atoms with Crippen LogP contribution in [0.3, 0.4) is 0 Å². The van der Waals surface area contributed by atoms with Crippen LogP contribution in [0.5, 0.6) is 0 Å². The highest BCUT2D eigenvalue weighted by Crippen LogP contribution is 2.32.